The average Bonchev–Trinajstić information content (AvgIpc) is 3.18. The van der Waals surface area contributed by atoms with Gasteiger partial charge in [0, 0.05) is 11.3 Å². The third kappa shape index (κ3) is 4.33. The molecule has 0 saturated carbocycles. The Balaban J connectivity index is 1.51. The van der Waals surface area contributed by atoms with Crippen molar-refractivity contribution in [2.24, 2.45) is 0 Å². The molecule has 0 aliphatic heterocycles. The summed E-state index contributed by atoms with van der Waals surface area (Å²) < 4.78 is 5.66. The van der Waals surface area contributed by atoms with E-state index in [1.807, 2.05) is 61.5 Å². The lowest BCUT2D eigenvalue weighted by molar-refractivity contribution is 0.102. The molecule has 0 unspecified atom stereocenters. The molecule has 0 saturated heterocycles. The molecule has 1 aromatic heterocycles. The van der Waals surface area contributed by atoms with Crippen LogP contribution in [0.4, 0.5) is 5.69 Å². The fourth-order valence-corrected chi connectivity index (χ4v) is 3.11. The van der Waals surface area contributed by atoms with Crippen molar-refractivity contribution < 1.29 is 9.53 Å². The molecule has 1 N–H and O–H groups in total. The average molecular weight is 400 g/mol. The van der Waals surface area contributed by atoms with Gasteiger partial charge in [-0.25, -0.2) is 0 Å². The second-order valence-electron chi connectivity index (χ2n) is 7.16. The summed E-state index contributed by atoms with van der Waals surface area (Å²) in [6.45, 7) is 4.75. The van der Waals surface area contributed by atoms with Crippen molar-refractivity contribution in [3.8, 4) is 11.4 Å². The molecule has 4 rings (SSSR count). The topological polar surface area (TPSA) is 69.0 Å². The van der Waals surface area contributed by atoms with Crippen LogP contribution >= 0.6 is 0 Å². The monoisotopic (exact) mass is 400 g/mol. The molecule has 6 nitrogen and oxygen atoms in total. The van der Waals surface area contributed by atoms with Gasteiger partial charge in [0.15, 0.2) is 0 Å². The van der Waals surface area contributed by atoms with E-state index in [2.05, 4.69) is 22.4 Å². The predicted molar refractivity (Wildman–Crippen MR) is 118 cm³/mol. The van der Waals surface area contributed by atoms with Crippen molar-refractivity contribution in [3.63, 3.8) is 0 Å². The number of unbranched alkanes of at least 4 members (excludes halogenated alkanes) is 1. The number of para-hydroxylation sites is 1. The summed E-state index contributed by atoms with van der Waals surface area (Å²) in [7, 11) is 0. The molecule has 152 valence electrons. The van der Waals surface area contributed by atoms with Gasteiger partial charge in [-0.1, -0.05) is 31.5 Å². The molecule has 0 fully saturated rings. The van der Waals surface area contributed by atoms with Gasteiger partial charge < -0.3 is 10.1 Å². The number of nitrogens with one attached hydrogen (secondary N) is 1. The highest BCUT2D eigenvalue weighted by molar-refractivity contribution is 6.05. The number of aryl methyl sites for hydroxylation is 1. The van der Waals surface area contributed by atoms with Crippen molar-refractivity contribution >= 4 is 22.6 Å². The zero-order valence-electron chi connectivity index (χ0n) is 17.1. The van der Waals surface area contributed by atoms with Gasteiger partial charge in [0.25, 0.3) is 5.91 Å². The summed E-state index contributed by atoms with van der Waals surface area (Å²) in [5, 5.41) is 12.1. The van der Waals surface area contributed by atoms with E-state index in [4.69, 9.17) is 4.74 Å². The lowest BCUT2D eigenvalue weighted by Gasteiger charge is -2.09. The summed E-state index contributed by atoms with van der Waals surface area (Å²) in [6.07, 6.45) is 2.10. The van der Waals surface area contributed by atoms with Gasteiger partial charge in [-0.3, -0.25) is 4.79 Å². The van der Waals surface area contributed by atoms with Crippen LogP contribution in [0.1, 0.15) is 35.7 Å². The van der Waals surface area contributed by atoms with Crippen LogP contribution in [0.25, 0.3) is 16.7 Å². The second-order valence-corrected chi connectivity index (χ2v) is 7.16. The molecule has 0 spiro atoms. The number of aromatic nitrogens is 3. The Hall–Kier alpha value is -3.67. The Morgan fingerprint density at radius 2 is 1.70 bits per heavy atom. The number of nitrogens with zero attached hydrogens (tertiary/aromatic N) is 3. The summed E-state index contributed by atoms with van der Waals surface area (Å²) in [5.74, 6) is 0.600. The highest BCUT2D eigenvalue weighted by atomic mass is 16.5. The normalized spacial score (nSPS) is 10.9. The number of ether oxygens (including phenoxy) is 1. The first-order valence-corrected chi connectivity index (χ1v) is 10.1. The van der Waals surface area contributed by atoms with Crippen molar-refractivity contribution in [1.82, 2.24) is 15.0 Å². The highest BCUT2D eigenvalue weighted by Crippen LogP contribution is 2.23. The van der Waals surface area contributed by atoms with E-state index in [0.29, 0.717) is 12.2 Å². The first kappa shape index (κ1) is 19.6. The maximum Gasteiger partial charge on any atom is 0.255 e. The molecule has 30 heavy (non-hydrogen) atoms. The Morgan fingerprint density at radius 1 is 1.00 bits per heavy atom. The van der Waals surface area contributed by atoms with Gasteiger partial charge in [-0.2, -0.15) is 4.80 Å². The maximum atomic E-state index is 12.7. The van der Waals surface area contributed by atoms with Gasteiger partial charge in [0.1, 0.15) is 16.8 Å². The number of amides is 1. The first-order valence-electron chi connectivity index (χ1n) is 10.1. The molecule has 0 aliphatic carbocycles. The third-order valence-electron chi connectivity index (χ3n) is 4.84. The molecule has 1 amide bonds. The lowest BCUT2D eigenvalue weighted by atomic mass is 10.1. The molecule has 1 heterocycles. The predicted octanol–water partition coefficient (Wildman–Crippen LogP) is 5.16. The molecular formula is C24H24N4O2. The molecule has 6 heteroatoms. The van der Waals surface area contributed by atoms with Gasteiger partial charge in [0.2, 0.25) is 0 Å². The summed E-state index contributed by atoms with van der Waals surface area (Å²) in [4.78, 5) is 14.3. The zero-order chi connectivity index (χ0) is 20.9. The second kappa shape index (κ2) is 8.78. The molecule has 0 radical (unpaired) electrons. The van der Waals surface area contributed by atoms with E-state index < -0.39 is 0 Å². The van der Waals surface area contributed by atoms with Crippen molar-refractivity contribution in [1.29, 1.82) is 0 Å². The van der Waals surface area contributed by atoms with Crippen LogP contribution in [0.3, 0.4) is 0 Å². The van der Waals surface area contributed by atoms with E-state index in [-0.39, 0.29) is 5.91 Å². The molecule has 0 bridgehead atoms. The molecule has 4 aromatic rings. The lowest BCUT2D eigenvalue weighted by Crippen LogP contribution is -2.12. The largest absolute Gasteiger partial charge is 0.494 e. The van der Waals surface area contributed by atoms with Crippen LogP contribution in [0.15, 0.2) is 66.7 Å². The number of anilines is 1. The highest BCUT2D eigenvalue weighted by Gasteiger charge is 2.12. The number of carbonyl (C=O) groups excluding carboxylic acids is 1. The molecule has 0 aliphatic rings. The minimum absolute atomic E-state index is 0.173. The molecule has 0 atom stereocenters. The summed E-state index contributed by atoms with van der Waals surface area (Å²) in [6, 6.07) is 20.7. The quantitative estimate of drug-likeness (QED) is 0.435. The van der Waals surface area contributed by atoms with Crippen LogP contribution in [-0.2, 0) is 0 Å². The number of hydrogen-bond donors (Lipinski definition) is 1. The van der Waals surface area contributed by atoms with E-state index in [1.165, 1.54) is 0 Å². The number of hydrogen-bond acceptors (Lipinski definition) is 4. The van der Waals surface area contributed by atoms with Gasteiger partial charge in [-0.15, -0.1) is 10.2 Å². The fraction of sp³-hybridized carbons (Fsp3) is 0.208. The minimum Gasteiger partial charge on any atom is -0.494 e. The minimum atomic E-state index is -0.173. The number of rotatable bonds is 7. The molecule has 3 aromatic carbocycles. The van der Waals surface area contributed by atoms with Crippen molar-refractivity contribution in [2.75, 3.05) is 11.9 Å². The van der Waals surface area contributed by atoms with E-state index >= 15 is 0 Å². The molecular weight excluding hydrogens is 376 g/mol. The SMILES string of the molecule is CCCCOc1ccc(C(=O)Nc2cc3nn(-c4ccccc4)nc3cc2C)cc1. The standard InChI is InChI=1S/C24H24N4O2/c1-3-4-14-30-20-12-10-18(11-13-20)24(29)25-21-16-23-22(15-17(21)2)26-28(27-23)19-8-6-5-7-9-19/h5-13,15-16H,3-4,14H2,1-2H3,(H,25,29). The fourth-order valence-electron chi connectivity index (χ4n) is 3.11. The van der Waals surface area contributed by atoms with Gasteiger partial charge in [-0.05, 0) is 67.4 Å². The van der Waals surface area contributed by atoms with E-state index in [1.54, 1.807) is 16.9 Å². The van der Waals surface area contributed by atoms with E-state index in [0.717, 1.165) is 46.6 Å². The Labute approximate surface area is 175 Å². The maximum absolute atomic E-state index is 12.7. The smallest absolute Gasteiger partial charge is 0.255 e. The number of fused-ring (bicyclic) bond motifs is 1. The van der Waals surface area contributed by atoms with Crippen LogP contribution in [0.2, 0.25) is 0 Å². The number of benzene rings is 3. The summed E-state index contributed by atoms with van der Waals surface area (Å²) >= 11 is 0. The zero-order valence-corrected chi connectivity index (χ0v) is 17.1. The Morgan fingerprint density at radius 3 is 2.40 bits per heavy atom. The van der Waals surface area contributed by atoms with Crippen molar-refractivity contribution in [3.05, 3.63) is 77.9 Å². The van der Waals surface area contributed by atoms with Crippen LogP contribution < -0.4 is 10.1 Å². The first-order chi connectivity index (χ1) is 14.6. The Kier molecular flexibility index (Phi) is 5.75. The van der Waals surface area contributed by atoms with Gasteiger partial charge in [0.05, 0.1) is 12.3 Å². The van der Waals surface area contributed by atoms with E-state index in [9.17, 15) is 4.79 Å². The number of carbonyl (C=O) groups is 1. The van der Waals surface area contributed by atoms with Crippen LogP contribution in [-0.4, -0.2) is 27.5 Å². The summed E-state index contributed by atoms with van der Waals surface area (Å²) in [5.41, 5.74) is 4.61. The van der Waals surface area contributed by atoms with Crippen LogP contribution in [0.5, 0.6) is 5.75 Å². The van der Waals surface area contributed by atoms with Gasteiger partial charge >= 0.3 is 0 Å². The van der Waals surface area contributed by atoms with Crippen LogP contribution in [0, 0.1) is 6.92 Å². The third-order valence-corrected chi connectivity index (χ3v) is 4.84. The Bertz CT molecular complexity index is 1150. The van der Waals surface area contributed by atoms with Crippen molar-refractivity contribution in [2.45, 2.75) is 26.7 Å².